The molecule has 1 saturated carbocycles. The quantitative estimate of drug-likeness (QED) is 0.454. The summed E-state index contributed by atoms with van der Waals surface area (Å²) in [5.41, 5.74) is 2.60. The molecule has 1 fully saturated rings. The number of aromatic nitrogens is 1. The van der Waals surface area contributed by atoms with Crippen molar-refractivity contribution in [2.75, 3.05) is 0 Å². The molecule has 0 bridgehead atoms. The number of aryl methyl sites for hydroxylation is 1. The summed E-state index contributed by atoms with van der Waals surface area (Å²) < 4.78 is 5.75. The van der Waals surface area contributed by atoms with Crippen LogP contribution in [0.2, 0.25) is 0 Å². The minimum Gasteiger partial charge on any atom is -0.486 e. The van der Waals surface area contributed by atoms with Crippen molar-refractivity contribution in [1.82, 2.24) is 15.6 Å². The first-order valence-electron chi connectivity index (χ1n) is 11.5. The van der Waals surface area contributed by atoms with Gasteiger partial charge in [0.25, 0.3) is 5.91 Å². The van der Waals surface area contributed by atoms with Crippen molar-refractivity contribution in [3.63, 3.8) is 0 Å². The zero-order chi connectivity index (χ0) is 23.8. The van der Waals surface area contributed by atoms with Crippen LogP contribution in [-0.4, -0.2) is 28.9 Å². The lowest BCUT2D eigenvalue weighted by molar-refractivity contribution is -0.117. The zero-order valence-corrected chi connectivity index (χ0v) is 20.0. The molecule has 0 atom stereocenters. The van der Waals surface area contributed by atoms with Crippen molar-refractivity contribution in [3.05, 3.63) is 87.9 Å². The van der Waals surface area contributed by atoms with E-state index in [9.17, 15) is 9.59 Å². The molecule has 1 heterocycles. The number of benzene rings is 2. The summed E-state index contributed by atoms with van der Waals surface area (Å²) in [7, 11) is 0. The van der Waals surface area contributed by atoms with Crippen LogP contribution in [0.5, 0.6) is 5.75 Å². The van der Waals surface area contributed by atoms with Crippen LogP contribution in [0.3, 0.4) is 0 Å². The molecule has 3 aromatic rings. The Bertz CT molecular complexity index is 1120. The predicted octanol–water partition coefficient (Wildman–Crippen LogP) is 4.90. The Morgan fingerprint density at radius 3 is 2.38 bits per heavy atom. The number of nitrogens with zero attached hydrogens (tertiary/aromatic N) is 1. The first kappa shape index (κ1) is 23.7. The van der Waals surface area contributed by atoms with E-state index in [4.69, 9.17) is 4.74 Å². The largest absolute Gasteiger partial charge is 0.486 e. The minimum absolute atomic E-state index is 0.0841. The Morgan fingerprint density at radius 2 is 1.68 bits per heavy atom. The molecule has 2 amide bonds. The molecule has 2 N–H and O–H groups in total. The summed E-state index contributed by atoms with van der Waals surface area (Å²) in [4.78, 5) is 29.3. The van der Waals surface area contributed by atoms with Crippen LogP contribution in [0.15, 0.2) is 66.1 Å². The van der Waals surface area contributed by atoms with Gasteiger partial charge >= 0.3 is 0 Å². The number of amides is 2. The Hall–Kier alpha value is -3.45. The third-order valence-corrected chi connectivity index (χ3v) is 6.63. The van der Waals surface area contributed by atoms with Gasteiger partial charge in [0.05, 0.1) is 0 Å². The Morgan fingerprint density at radius 1 is 1.00 bits per heavy atom. The van der Waals surface area contributed by atoms with E-state index in [0.29, 0.717) is 12.3 Å². The van der Waals surface area contributed by atoms with Gasteiger partial charge in [0.1, 0.15) is 23.1 Å². The molecule has 2 aromatic carbocycles. The number of carbonyl (C=O) groups is 2. The number of carbonyl (C=O) groups excluding carboxylic acids is 2. The fraction of sp³-hybridized carbons (Fsp3) is 0.296. The smallest absolute Gasteiger partial charge is 0.270 e. The lowest BCUT2D eigenvalue weighted by atomic mass is 9.91. The average molecular weight is 476 g/mol. The second-order valence-corrected chi connectivity index (χ2v) is 9.45. The van der Waals surface area contributed by atoms with Gasteiger partial charge < -0.3 is 15.4 Å². The highest BCUT2D eigenvalue weighted by molar-refractivity contribution is 7.09. The molecule has 0 radical (unpaired) electrons. The van der Waals surface area contributed by atoms with Crippen molar-refractivity contribution in [2.45, 2.75) is 51.3 Å². The summed E-state index contributed by atoms with van der Waals surface area (Å²) >= 11 is 1.42. The van der Waals surface area contributed by atoms with Gasteiger partial charge in [-0.15, -0.1) is 11.3 Å². The van der Waals surface area contributed by atoms with E-state index < -0.39 is 0 Å². The van der Waals surface area contributed by atoms with Gasteiger partial charge in [0, 0.05) is 23.5 Å². The van der Waals surface area contributed by atoms with Crippen LogP contribution in [0, 0.1) is 6.92 Å². The lowest BCUT2D eigenvalue weighted by Crippen LogP contribution is -2.43. The number of thiazole rings is 1. The summed E-state index contributed by atoms with van der Waals surface area (Å²) in [5.74, 6) is 0.543. The molecule has 0 aliphatic heterocycles. The maximum absolute atomic E-state index is 12.6. The van der Waals surface area contributed by atoms with E-state index in [-0.39, 0.29) is 23.9 Å². The van der Waals surface area contributed by atoms with E-state index in [1.165, 1.54) is 16.9 Å². The van der Waals surface area contributed by atoms with Crippen molar-refractivity contribution < 1.29 is 14.3 Å². The molecule has 1 aromatic heterocycles. The molecule has 7 heteroatoms. The van der Waals surface area contributed by atoms with Gasteiger partial charge in [-0.2, -0.15) is 0 Å². The van der Waals surface area contributed by atoms with Crippen molar-refractivity contribution >= 4 is 29.2 Å². The molecular weight excluding hydrogens is 446 g/mol. The maximum atomic E-state index is 12.6. The molecule has 176 valence electrons. The summed E-state index contributed by atoms with van der Waals surface area (Å²) in [6.07, 6.45) is 6.71. The van der Waals surface area contributed by atoms with Crippen molar-refractivity contribution in [2.24, 2.45) is 0 Å². The van der Waals surface area contributed by atoms with Gasteiger partial charge in [-0.3, -0.25) is 9.59 Å². The molecule has 0 spiro atoms. The molecule has 34 heavy (non-hydrogen) atoms. The molecular formula is C27H29N3O3S. The Kier molecular flexibility index (Phi) is 8.09. The second-order valence-electron chi connectivity index (χ2n) is 8.50. The van der Waals surface area contributed by atoms with Gasteiger partial charge in [0.15, 0.2) is 0 Å². The first-order valence-corrected chi connectivity index (χ1v) is 12.4. The van der Waals surface area contributed by atoms with Crippen LogP contribution in [-0.2, 0) is 11.4 Å². The Labute approximate surface area is 204 Å². The van der Waals surface area contributed by atoms with Crippen molar-refractivity contribution in [1.29, 1.82) is 0 Å². The third kappa shape index (κ3) is 7.02. The van der Waals surface area contributed by atoms with Gasteiger partial charge in [-0.05, 0) is 56.4 Å². The van der Waals surface area contributed by atoms with E-state index in [1.54, 1.807) is 11.5 Å². The number of hydrogen-bond donors (Lipinski definition) is 2. The summed E-state index contributed by atoms with van der Waals surface area (Å²) in [6.45, 7) is 2.37. The lowest BCUT2D eigenvalue weighted by Gasteiger charge is -2.29. The van der Waals surface area contributed by atoms with E-state index in [1.807, 2.05) is 67.6 Å². The highest BCUT2D eigenvalue weighted by Gasteiger charge is 2.24. The normalized spacial score (nSPS) is 17.9. The van der Waals surface area contributed by atoms with Crippen LogP contribution < -0.4 is 15.4 Å². The van der Waals surface area contributed by atoms with Crippen LogP contribution >= 0.6 is 11.3 Å². The topological polar surface area (TPSA) is 80.3 Å². The number of hydrogen-bond acceptors (Lipinski definition) is 5. The number of ether oxygens (including phenoxy) is 1. The summed E-state index contributed by atoms with van der Waals surface area (Å²) in [5, 5.41) is 8.69. The standard InChI is InChI=1S/C27H29N3O3S/c1-19-7-14-23(15-8-19)33-17-26-30-24(18-34-26)27(32)29-22-12-10-21(11-13-22)28-25(31)16-9-20-5-3-2-4-6-20/h2-9,14-16,18,21-22H,10-13,17H2,1H3,(H,28,31)(H,29,32)/b16-9+. The van der Waals surface area contributed by atoms with Gasteiger partial charge in [-0.1, -0.05) is 48.0 Å². The monoisotopic (exact) mass is 475 g/mol. The SMILES string of the molecule is Cc1ccc(OCc2nc(C(=O)NC3CCC(NC(=O)/C=C/c4ccccc4)CC3)cs2)cc1. The van der Waals surface area contributed by atoms with Crippen LogP contribution in [0.4, 0.5) is 0 Å². The van der Waals surface area contributed by atoms with Crippen LogP contribution in [0.25, 0.3) is 6.08 Å². The second kappa shape index (κ2) is 11.6. The highest BCUT2D eigenvalue weighted by Crippen LogP contribution is 2.20. The van der Waals surface area contributed by atoms with E-state index in [2.05, 4.69) is 15.6 Å². The number of rotatable bonds is 8. The fourth-order valence-electron chi connectivity index (χ4n) is 3.89. The zero-order valence-electron chi connectivity index (χ0n) is 19.2. The predicted molar refractivity (Wildman–Crippen MR) is 135 cm³/mol. The molecule has 4 rings (SSSR count). The molecule has 0 saturated heterocycles. The molecule has 6 nitrogen and oxygen atoms in total. The van der Waals surface area contributed by atoms with E-state index in [0.717, 1.165) is 42.0 Å². The summed E-state index contributed by atoms with van der Waals surface area (Å²) in [6, 6.07) is 17.8. The molecule has 1 aliphatic carbocycles. The van der Waals surface area contributed by atoms with Gasteiger partial charge in [0.2, 0.25) is 5.91 Å². The number of nitrogens with one attached hydrogen (secondary N) is 2. The first-order chi connectivity index (χ1) is 16.5. The highest BCUT2D eigenvalue weighted by atomic mass is 32.1. The van der Waals surface area contributed by atoms with E-state index >= 15 is 0 Å². The van der Waals surface area contributed by atoms with Gasteiger partial charge in [-0.25, -0.2) is 4.98 Å². The fourth-order valence-corrected chi connectivity index (χ4v) is 4.57. The molecule has 1 aliphatic rings. The average Bonchev–Trinajstić information content (AvgIpc) is 3.34. The maximum Gasteiger partial charge on any atom is 0.270 e. The third-order valence-electron chi connectivity index (χ3n) is 5.80. The Balaban J connectivity index is 1.18. The van der Waals surface area contributed by atoms with Crippen molar-refractivity contribution in [3.8, 4) is 5.75 Å². The molecule has 0 unspecified atom stereocenters. The van der Waals surface area contributed by atoms with Crippen LogP contribution in [0.1, 0.15) is 52.3 Å². The minimum atomic E-state index is -0.156.